The number of rotatable bonds is 3. The standard InChI is InChI=1S/C19H24N2O/c22-15-20-19(7-1-2-8-19)17-5-3-16(4-6-17)18-9-12-21(13-10-18)14-11-18/h3-6H,1-2,7-14H2. The number of aliphatic imine (C=N–C) groups is 1. The van der Waals surface area contributed by atoms with Crippen molar-refractivity contribution in [2.24, 2.45) is 4.99 Å². The van der Waals surface area contributed by atoms with Crippen LogP contribution in [0.5, 0.6) is 0 Å². The molecule has 1 saturated carbocycles. The topological polar surface area (TPSA) is 32.7 Å². The second kappa shape index (κ2) is 5.33. The summed E-state index contributed by atoms with van der Waals surface area (Å²) in [4.78, 5) is 17.6. The molecule has 0 radical (unpaired) electrons. The minimum atomic E-state index is -0.284. The maximum Gasteiger partial charge on any atom is 0.235 e. The molecular weight excluding hydrogens is 272 g/mol. The van der Waals surface area contributed by atoms with Crippen LogP contribution in [0.3, 0.4) is 0 Å². The Morgan fingerprint density at radius 2 is 1.41 bits per heavy atom. The Hall–Kier alpha value is -1.44. The zero-order chi connectivity index (χ0) is 15.0. The van der Waals surface area contributed by atoms with Crippen molar-refractivity contribution < 1.29 is 4.79 Å². The van der Waals surface area contributed by atoms with Gasteiger partial charge in [0.15, 0.2) is 0 Å². The summed E-state index contributed by atoms with van der Waals surface area (Å²) >= 11 is 0. The van der Waals surface area contributed by atoms with Crippen LogP contribution < -0.4 is 0 Å². The van der Waals surface area contributed by atoms with E-state index in [9.17, 15) is 4.79 Å². The molecule has 0 atom stereocenters. The Balaban J connectivity index is 1.64. The third kappa shape index (κ3) is 2.15. The van der Waals surface area contributed by atoms with E-state index in [2.05, 4.69) is 34.2 Å². The lowest BCUT2D eigenvalue weighted by atomic mass is 9.67. The van der Waals surface area contributed by atoms with Crippen molar-refractivity contribution in [1.82, 2.24) is 4.90 Å². The van der Waals surface area contributed by atoms with Crippen LogP contribution in [-0.2, 0) is 15.7 Å². The van der Waals surface area contributed by atoms with Gasteiger partial charge in [0.05, 0.1) is 5.54 Å². The molecule has 4 fully saturated rings. The first-order chi connectivity index (χ1) is 10.8. The maximum atomic E-state index is 10.9. The highest BCUT2D eigenvalue weighted by Gasteiger charge is 2.41. The number of isocyanates is 1. The first-order valence-electron chi connectivity index (χ1n) is 8.69. The van der Waals surface area contributed by atoms with Gasteiger partial charge < -0.3 is 4.90 Å². The minimum Gasteiger partial charge on any atom is -0.303 e. The monoisotopic (exact) mass is 296 g/mol. The van der Waals surface area contributed by atoms with Gasteiger partial charge in [0, 0.05) is 0 Å². The first-order valence-corrected chi connectivity index (χ1v) is 8.69. The summed E-state index contributed by atoms with van der Waals surface area (Å²) in [5.41, 5.74) is 2.83. The van der Waals surface area contributed by atoms with E-state index in [1.54, 1.807) is 0 Å². The average molecular weight is 296 g/mol. The summed E-state index contributed by atoms with van der Waals surface area (Å²) in [6.07, 6.45) is 10.0. The molecule has 0 spiro atoms. The molecule has 3 heterocycles. The number of fused-ring (bicyclic) bond motifs is 3. The van der Waals surface area contributed by atoms with Gasteiger partial charge in [0.2, 0.25) is 6.08 Å². The van der Waals surface area contributed by atoms with Crippen molar-refractivity contribution in [3.63, 3.8) is 0 Å². The molecule has 1 aromatic carbocycles. The molecule has 3 saturated heterocycles. The van der Waals surface area contributed by atoms with E-state index in [0.29, 0.717) is 5.41 Å². The van der Waals surface area contributed by atoms with E-state index < -0.39 is 0 Å². The zero-order valence-corrected chi connectivity index (χ0v) is 13.2. The van der Waals surface area contributed by atoms with Crippen molar-refractivity contribution in [3.8, 4) is 0 Å². The Labute approximate surface area is 132 Å². The Morgan fingerprint density at radius 3 is 1.95 bits per heavy atom. The summed E-state index contributed by atoms with van der Waals surface area (Å²) in [7, 11) is 0. The lowest BCUT2D eigenvalue weighted by molar-refractivity contribution is 0.0817. The van der Waals surface area contributed by atoms with Crippen molar-refractivity contribution >= 4 is 6.08 Å². The molecule has 2 bridgehead atoms. The van der Waals surface area contributed by atoms with Gasteiger partial charge in [-0.15, -0.1) is 0 Å². The molecule has 22 heavy (non-hydrogen) atoms. The van der Waals surface area contributed by atoms with Gasteiger partial charge in [0.1, 0.15) is 0 Å². The molecule has 0 aromatic heterocycles. The Kier molecular flexibility index (Phi) is 3.43. The highest BCUT2D eigenvalue weighted by atomic mass is 16.1. The number of piperidine rings is 3. The lowest BCUT2D eigenvalue weighted by Crippen LogP contribution is -2.50. The third-order valence-corrected chi connectivity index (χ3v) is 6.44. The van der Waals surface area contributed by atoms with Crippen LogP contribution in [0.15, 0.2) is 29.3 Å². The summed E-state index contributed by atoms with van der Waals surface area (Å²) in [5.74, 6) is 0. The lowest BCUT2D eigenvalue weighted by Gasteiger charge is -2.49. The van der Waals surface area contributed by atoms with Gasteiger partial charge in [-0.25, -0.2) is 4.79 Å². The molecule has 3 heteroatoms. The molecule has 0 unspecified atom stereocenters. The molecule has 1 aromatic rings. The third-order valence-electron chi connectivity index (χ3n) is 6.44. The van der Waals surface area contributed by atoms with E-state index >= 15 is 0 Å². The zero-order valence-electron chi connectivity index (χ0n) is 13.2. The van der Waals surface area contributed by atoms with Crippen LogP contribution >= 0.6 is 0 Å². The van der Waals surface area contributed by atoms with Gasteiger partial charge >= 0.3 is 0 Å². The van der Waals surface area contributed by atoms with Crippen LogP contribution in [0.1, 0.15) is 56.1 Å². The first kappa shape index (κ1) is 14.2. The van der Waals surface area contributed by atoms with Crippen molar-refractivity contribution in [2.45, 2.75) is 55.9 Å². The largest absolute Gasteiger partial charge is 0.303 e. The normalized spacial score (nSPS) is 32.6. The fourth-order valence-corrected chi connectivity index (χ4v) is 4.91. The predicted molar refractivity (Wildman–Crippen MR) is 86.7 cm³/mol. The SMILES string of the molecule is O=C=NC1(c2ccc(C34CCN(CC3)CC4)cc2)CCCC1. The number of hydrogen-bond acceptors (Lipinski definition) is 3. The molecular formula is C19H24N2O. The maximum absolute atomic E-state index is 10.9. The smallest absolute Gasteiger partial charge is 0.235 e. The van der Waals surface area contributed by atoms with E-state index in [0.717, 1.165) is 25.7 Å². The van der Waals surface area contributed by atoms with Crippen molar-refractivity contribution in [2.75, 3.05) is 19.6 Å². The number of nitrogens with zero attached hydrogens (tertiary/aromatic N) is 2. The average Bonchev–Trinajstić information content (AvgIpc) is 3.07. The number of hydrogen-bond donors (Lipinski definition) is 0. The second-order valence-corrected chi connectivity index (χ2v) is 7.39. The summed E-state index contributed by atoms with van der Waals surface area (Å²) in [6, 6.07) is 9.10. The van der Waals surface area contributed by atoms with E-state index in [1.807, 2.05) is 6.08 Å². The number of carbonyl (C=O) groups excluding carboxylic acids is 1. The molecule has 4 aliphatic rings. The molecule has 0 N–H and O–H groups in total. The Morgan fingerprint density at radius 1 is 0.864 bits per heavy atom. The molecule has 3 aliphatic heterocycles. The fraction of sp³-hybridized carbons (Fsp3) is 0.632. The summed E-state index contributed by atoms with van der Waals surface area (Å²) in [5, 5.41) is 0. The van der Waals surface area contributed by atoms with Gasteiger partial charge in [0.25, 0.3) is 0 Å². The fourth-order valence-electron chi connectivity index (χ4n) is 4.91. The van der Waals surface area contributed by atoms with Gasteiger partial charge in [-0.2, -0.15) is 4.99 Å². The highest BCUT2D eigenvalue weighted by molar-refractivity contribution is 5.40. The van der Waals surface area contributed by atoms with E-state index in [-0.39, 0.29) is 5.54 Å². The summed E-state index contributed by atoms with van der Waals surface area (Å²) in [6.45, 7) is 3.75. The van der Waals surface area contributed by atoms with Crippen LogP contribution in [0.2, 0.25) is 0 Å². The summed E-state index contributed by atoms with van der Waals surface area (Å²) < 4.78 is 0. The molecule has 3 nitrogen and oxygen atoms in total. The van der Waals surface area contributed by atoms with Gasteiger partial charge in [-0.3, -0.25) is 0 Å². The Bertz CT molecular complexity index is 573. The van der Waals surface area contributed by atoms with Gasteiger partial charge in [-0.05, 0) is 68.3 Å². The molecule has 0 amide bonds. The quantitative estimate of drug-likeness (QED) is 0.631. The van der Waals surface area contributed by atoms with Crippen molar-refractivity contribution in [3.05, 3.63) is 35.4 Å². The predicted octanol–water partition coefficient (Wildman–Crippen LogP) is 3.53. The molecule has 116 valence electrons. The molecule has 1 aliphatic carbocycles. The van der Waals surface area contributed by atoms with Crippen LogP contribution in [0.25, 0.3) is 0 Å². The van der Waals surface area contributed by atoms with Crippen LogP contribution in [-0.4, -0.2) is 30.6 Å². The minimum absolute atomic E-state index is 0.284. The highest BCUT2D eigenvalue weighted by Crippen LogP contribution is 2.45. The van der Waals surface area contributed by atoms with E-state index in [1.165, 1.54) is 50.0 Å². The van der Waals surface area contributed by atoms with Crippen LogP contribution in [0.4, 0.5) is 0 Å². The van der Waals surface area contributed by atoms with Crippen molar-refractivity contribution in [1.29, 1.82) is 0 Å². The molecule has 5 rings (SSSR count). The van der Waals surface area contributed by atoms with E-state index in [4.69, 9.17) is 0 Å². The second-order valence-electron chi connectivity index (χ2n) is 7.39. The van der Waals surface area contributed by atoms with Crippen LogP contribution in [0, 0.1) is 0 Å². The van der Waals surface area contributed by atoms with Gasteiger partial charge in [-0.1, -0.05) is 37.1 Å². The number of benzene rings is 1.